The highest BCUT2D eigenvalue weighted by Crippen LogP contribution is 2.46. The molecule has 1 N–H and O–H groups in total. The molecule has 1 aromatic heterocycles. The lowest BCUT2D eigenvalue weighted by Gasteiger charge is -2.40. The van der Waals surface area contributed by atoms with Gasteiger partial charge in [-0.15, -0.1) is 13.2 Å². The number of hydrogen-bond acceptors (Lipinski definition) is 4. The number of methoxy groups -OCH3 is 1. The lowest BCUT2D eigenvalue weighted by molar-refractivity contribution is -0.274. The molecule has 0 spiro atoms. The van der Waals surface area contributed by atoms with Crippen molar-refractivity contribution >= 4 is 22.7 Å². The fourth-order valence-electron chi connectivity index (χ4n) is 5.02. The van der Waals surface area contributed by atoms with E-state index in [4.69, 9.17) is 9.72 Å². The zero-order valence-electron chi connectivity index (χ0n) is 18.7. The van der Waals surface area contributed by atoms with E-state index in [0.717, 1.165) is 29.6 Å². The lowest BCUT2D eigenvalue weighted by atomic mass is 9.70. The molecule has 172 valence electrons. The number of nitrogens with zero attached hydrogens (tertiary/aromatic N) is 2. The Morgan fingerprint density at radius 3 is 2.38 bits per heavy atom. The Balaban J connectivity index is 1.71. The number of ether oxygens (including phenoxy) is 2. The molecule has 0 amide bonds. The molecule has 1 aliphatic rings. The minimum absolute atomic E-state index is 0.208. The van der Waals surface area contributed by atoms with Crippen LogP contribution in [0.2, 0.25) is 0 Å². The van der Waals surface area contributed by atoms with Crippen LogP contribution < -0.4 is 14.8 Å². The fraction of sp³-hybridized carbons (Fsp3) is 0.458. The number of benzene rings is 2. The Morgan fingerprint density at radius 1 is 1.06 bits per heavy atom. The molecule has 32 heavy (non-hydrogen) atoms. The van der Waals surface area contributed by atoms with Crippen LogP contribution >= 0.6 is 0 Å². The van der Waals surface area contributed by atoms with Crippen LogP contribution in [0.15, 0.2) is 42.5 Å². The number of alkyl halides is 3. The third-order valence-corrected chi connectivity index (χ3v) is 5.97. The first-order valence-corrected chi connectivity index (χ1v) is 10.7. The summed E-state index contributed by atoms with van der Waals surface area (Å²) in [5.74, 6) is 1.70. The molecule has 0 unspecified atom stereocenters. The summed E-state index contributed by atoms with van der Waals surface area (Å²) >= 11 is 0. The van der Waals surface area contributed by atoms with Crippen molar-refractivity contribution in [2.75, 3.05) is 12.4 Å². The van der Waals surface area contributed by atoms with Gasteiger partial charge in [0, 0.05) is 17.8 Å². The van der Waals surface area contributed by atoms with Crippen LogP contribution in [0, 0.1) is 11.3 Å². The third-order valence-electron chi connectivity index (χ3n) is 5.97. The van der Waals surface area contributed by atoms with Crippen molar-refractivity contribution < 1.29 is 22.6 Å². The zero-order chi connectivity index (χ0) is 23.1. The Kier molecular flexibility index (Phi) is 5.73. The smallest absolute Gasteiger partial charge is 0.497 e. The van der Waals surface area contributed by atoms with Crippen molar-refractivity contribution in [2.24, 2.45) is 11.3 Å². The molecule has 5 nitrogen and oxygen atoms in total. The van der Waals surface area contributed by atoms with Crippen LogP contribution in [0.1, 0.15) is 46.1 Å². The monoisotopic (exact) mass is 447 g/mol. The number of rotatable bonds is 5. The molecule has 2 aromatic carbocycles. The highest BCUT2D eigenvalue weighted by atomic mass is 19.4. The van der Waals surface area contributed by atoms with E-state index in [1.54, 1.807) is 19.2 Å². The van der Waals surface area contributed by atoms with E-state index < -0.39 is 6.36 Å². The van der Waals surface area contributed by atoms with Gasteiger partial charge in [-0.3, -0.25) is 0 Å². The standard InChI is InChI=1S/C24H28F3N3O2/c1-15-11-17(14-23(2,3)13-15)30-21-10-9-19(31-4)12-20(21)29-22(30)28-16-5-7-18(8-6-16)32-24(25,26)27/h5-10,12,15,17H,11,13-14H2,1-4H3,(H,28,29)/t15-,17+/m1/s1. The number of fused-ring (bicyclic) bond motifs is 1. The highest BCUT2D eigenvalue weighted by molar-refractivity contribution is 5.81. The number of imidazole rings is 1. The maximum absolute atomic E-state index is 12.5. The molecule has 0 saturated heterocycles. The number of anilines is 2. The number of aromatic nitrogens is 2. The van der Waals surface area contributed by atoms with Gasteiger partial charge in [0.05, 0.1) is 18.1 Å². The molecule has 2 atom stereocenters. The summed E-state index contributed by atoms with van der Waals surface area (Å²) in [5.41, 5.74) is 2.64. The van der Waals surface area contributed by atoms with Gasteiger partial charge < -0.3 is 19.4 Å². The predicted octanol–water partition coefficient (Wildman–Crippen LogP) is 7.07. The molecule has 1 fully saturated rings. The van der Waals surface area contributed by atoms with E-state index in [0.29, 0.717) is 17.6 Å². The molecule has 8 heteroatoms. The normalized spacial score (nSPS) is 20.8. The summed E-state index contributed by atoms with van der Waals surface area (Å²) in [5, 5.41) is 3.30. The Bertz CT molecular complexity index is 1090. The predicted molar refractivity (Wildman–Crippen MR) is 119 cm³/mol. The molecule has 0 aliphatic heterocycles. The topological polar surface area (TPSA) is 48.3 Å². The van der Waals surface area contributed by atoms with Gasteiger partial charge in [0.2, 0.25) is 5.95 Å². The number of nitrogens with one attached hydrogen (secondary N) is 1. The first-order valence-electron chi connectivity index (χ1n) is 10.7. The summed E-state index contributed by atoms with van der Waals surface area (Å²) in [7, 11) is 1.62. The molecule has 0 radical (unpaired) electrons. The molecule has 1 saturated carbocycles. The summed E-state index contributed by atoms with van der Waals surface area (Å²) in [4.78, 5) is 4.81. The number of hydrogen-bond donors (Lipinski definition) is 1. The summed E-state index contributed by atoms with van der Waals surface area (Å²) in [6.07, 6.45) is -1.49. The van der Waals surface area contributed by atoms with Gasteiger partial charge >= 0.3 is 6.36 Å². The van der Waals surface area contributed by atoms with Crippen molar-refractivity contribution in [1.29, 1.82) is 0 Å². The summed E-state index contributed by atoms with van der Waals surface area (Å²) in [6.45, 7) is 6.87. The van der Waals surface area contributed by atoms with E-state index in [1.807, 2.05) is 18.2 Å². The van der Waals surface area contributed by atoms with Gasteiger partial charge in [0.1, 0.15) is 11.5 Å². The van der Waals surface area contributed by atoms with Crippen LogP contribution in [-0.4, -0.2) is 23.0 Å². The highest BCUT2D eigenvalue weighted by Gasteiger charge is 2.35. The van der Waals surface area contributed by atoms with E-state index >= 15 is 0 Å². The Hall–Kier alpha value is -2.90. The average Bonchev–Trinajstić information content (AvgIpc) is 3.03. The molecule has 1 aliphatic carbocycles. The van der Waals surface area contributed by atoms with Crippen LogP contribution in [0.3, 0.4) is 0 Å². The average molecular weight is 448 g/mol. The molecule has 0 bridgehead atoms. The van der Waals surface area contributed by atoms with Crippen LogP contribution in [0.4, 0.5) is 24.8 Å². The SMILES string of the molecule is COc1ccc2c(c1)nc(Nc1ccc(OC(F)(F)F)cc1)n2[C@H]1C[C@@H](C)CC(C)(C)C1. The van der Waals surface area contributed by atoms with Crippen molar-refractivity contribution in [3.63, 3.8) is 0 Å². The van der Waals surface area contributed by atoms with Crippen molar-refractivity contribution in [3.05, 3.63) is 42.5 Å². The molecule has 1 heterocycles. The second kappa shape index (κ2) is 8.22. The van der Waals surface area contributed by atoms with E-state index in [1.165, 1.54) is 18.6 Å². The van der Waals surface area contributed by atoms with Crippen LogP contribution in [0.5, 0.6) is 11.5 Å². The third kappa shape index (κ3) is 4.95. The number of halogens is 3. The Morgan fingerprint density at radius 2 is 1.75 bits per heavy atom. The maximum atomic E-state index is 12.5. The maximum Gasteiger partial charge on any atom is 0.573 e. The summed E-state index contributed by atoms with van der Waals surface area (Å²) < 4.78 is 48.9. The van der Waals surface area contributed by atoms with Gasteiger partial charge in [0.25, 0.3) is 0 Å². The minimum atomic E-state index is -4.72. The first-order chi connectivity index (χ1) is 15.0. The second-order valence-electron chi connectivity index (χ2n) is 9.42. The van der Waals surface area contributed by atoms with Crippen LogP contribution in [0.25, 0.3) is 11.0 Å². The lowest BCUT2D eigenvalue weighted by Crippen LogP contribution is -2.29. The molecular formula is C24H28F3N3O2. The van der Waals surface area contributed by atoms with E-state index in [2.05, 4.69) is 35.4 Å². The van der Waals surface area contributed by atoms with Gasteiger partial charge in [-0.05, 0) is 67.0 Å². The summed E-state index contributed by atoms with van der Waals surface area (Å²) in [6, 6.07) is 11.8. The van der Waals surface area contributed by atoms with Gasteiger partial charge in [-0.2, -0.15) is 0 Å². The van der Waals surface area contributed by atoms with Gasteiger partial charge in [0.15, 0.2) is 0 Å². The largest absolute Gasteiger partial charge is 0.573 e. The molecular weight excluding hydrogens is 419 g/mol. The minimum Gasteiger partial charge on any atom is -0.497 e. The van der Waals surface area contributed by atoms with E-state index in [-0.39, 0.29) is 17.2 Å². The fourth-order valence-corrected chi connectivity index (χ4v) is 5.02. The van der Waals surface area contributed by atoms with E-state index in [9.17, 15) is 13.2 Å². The first kappa shape index (κ1) is 22.3. The Labute approximate surface area is 185 Å². The molecule has 4 rings (SSSR count). The second-order valence-corrected chi connectivity index (χ2v) is 9.42. The van der Waals surface area contributed by atoms with Crippen molar-refractivity contribution in [1.82, 2.24) is 9.55 Å². The van der Waals surface area contributed by atoms with Crippen molar-refractivity contribution in [3.8, 4) is 11.5 Å². The quantitative estimate of drug-likeness (QED) is 0.454. The van der Waals surface area contributed by atoms with Gasteiger partial charge in [-0.1, -0.05) is 20.8 Å². The van der Waals surface area contributed by atoms with Gasteiger partial charge in [-0.25, -0.2) is 4.98 Å². The van der Waals surface area contributed by atoms with Crippen molar-refractivity contribution in [2.45, 2.75) is 52.4 Å². The molecule has 3 aromatic rings. The zero-order valence-corrected chi connectivity index (χ0v) is 18.7. The van der Waals surface area contributed by atoms with Crippen LogP contribution in [-0.2, 0) is 0 Å².